The van der Waals surface area contributed by atoms with Crippen LogP contribution in [0.15, 0.2) is 53.6 Å². The number of nitrogens with one attached hydrogen (secondary N) is 2. The first-order chi connectivity index (χ1) is 16.5. The number of pyridine rings is 1. The lowest BCUT2D eigenvalue weighted by Gasteiger charge is -2.32. The number of carbonyl (C=O) groups is 1. The number of carbonyl (C=O) groups excluding carboxylic acids is 1. The zero-order chi connectivity index (χ0) is 24.1. The molecule has 0 radical (unpaired) electrons. The summed E-state index contributed by atoms with van der Waals surface area (Å²) >= 11 is 7.00. The van der Waals surface area contributed by atoms with E-state index in [0.717, 1.165) is 53.6 Å². The topological polar surface area (TPSA) is 96.4 Å². The molecule has 0 aliphatic carbocycles. The molecule has 1 unspecified atom stereocenters. The number of hydrogen-bond acceptors (Lipinski definition) is 5. The summed E-state index contributed by atoms with van der Waals surface area (Å²) in [5, 5.41) is 18.1. The number of urea groups is 1. The molecule has 4 rings (SSSR count). The molecule has 2 aromatic heterocycles. The molecule has 0 bridgehead atoms. The molecule has 0 saturated carbocycles. The van der Waals surface area contributed by atoms with Crippen molar-refractivity contribution in [2.45, 2.75) is 53.0 Å². The van der Waals surface area contributed by atoms with Crippen LogP contribution >= 0.6 is 11.6 Å². The summed E-state index contributed by atoms with van der Waals surface area (Å²) in [6.07, 6.45) is 7.53. The molecule has 34 heavy (non-hydrogen) atoms. The first kappa shape index (κ1) is 24.0. The number of hydrogen-bond donors (Lipinski definition) is 2. The number of unbranched alkanes of at least 4 members (excludes halogenated alkanes) is 2. The summed E-state index contributed by atoms with van der Waals surface area (Å²) in [5.74, 6) is 0.837. The molecule has 1 aromatic carbocycles. The normalized spacial score (nSPS) is 18.1. The maximum Gasteiger partial charge on any atom is 0.427 e. The van der Waals surface area contributed by atoms with Gasteiger partial charge in [0.25, 0.3) is 0 Å². The van der Waals surface area contributed by atoms with Crippen LogP contribution in [0.25, 0.3) is 22.5 Å². The Morgan fingerprint density at radius 3 is 2.65 bits per heavy atom. The van der Waals surface area contributed by atoms with E-state index in [-0.39, 0.29) is 16.4 Å². The highest BCUT2D eigenvalue weighted by Crippen LogP contribution is 2.39. The van der Waals surface area contributed by atoms with E-state index in [9.17, 15) is 4.79 Å². The predicted molar refractivity (Wildman–Crippen MR) is 132 cm³/mol. The van der Waals surface area contributed by atoms with Crippen molar-refractivity contribution in [1.82, 2.24) is 30.9 Å². The summed E-state index contributed by atoms with van der Waals surface area (Å²) < 4.78 is 0.0666. The molecule has 2 amide bonds. The maximum absolute atomic E-state index is 13.5. The Hall–Kier alpha value is -3.10. The molecule has 1 aliphatic heterocycles. The maximum atomic E-state index is 13.5. The number of benzene rings is 1. The largest absolute Gasteiger partial charge is 0.427 e. The van der Waals surface area contributed by atoms with Crippen LogP contribution < -0.4 is 5.32 Å². The van der Waals surface area contributed by atoms with Crippen LogP contribution in [-0.2, 0) is 6.54 Å². The first-order valence-corrected chi connectivity index (χ1v) is 12.2. The Kier molecular flexibility index (Phi) is 7.38. The average molecular weight is 481 g/mol. The van der Waals surface area contributed by atoms with E-state index < -0.39 is 0 Å². The molecular formula is C25H31ClN7O+. The van der Waals surface area contributed by atoms with Gasteiger partial charge in [-0.05, 0) is 46.5 Å². The van der Waals surface area contributed by atoms with Gasteiger partial charge in [0.2, 0.25) is 5.16 Å². The highest BCUT2D eigenvalue weighted by molar-refractivity contribution is 6.29. The van der Waals surface area contributed by atoms with Gasteiger partial charge in [-0.2, -0.15) is 4.48 Å². The smallest absolute Gasteiger partial charge is 0.272 e. The number of amides is 2. The molecule has 1 atom stereocenters. The summed E-state index contributed by atoms with van der Waals surface area (Å²) in [6.45, 7) is 7.46. The van der Waals surface area contributed by atoms with Crippen molar-refractivity contribution < 1.29 is 9.28 Å². The number of halogens is 1. The van der Waals surface area contributed by atoms with Gasteiger partial charge in [-0.25, -0.2) is 9.89 Å². The van der Waals surface area contributed by atoms with Crippen LogP contribution in [0.1, 0.15) is 52.0 Å². The van der Waals surface area contributed by atoms with Gasteiger partial charge in [0, 0.05) is 35.0 Å². The van der Waals surface area contributed by atoms with E-state index in [1.54, 1.807) is 12.4 Å². The molecule has 1 aliphatic rings. The van der Waals surface area contributed by atoms with Crippen molar-refractivity contribution in [1.29, 1.82) is 0 Å². The first-order valence-electron chi connectivity index (χ1n) is 11.8. The van der Waals surface area contributed by atoms with Gasteiger partial charge in [0.1, 0.15) is 6.54 Å². The lowest BCUT2D eigenvalue weighted by Crippen LogP contribution is -2.51. The fourth-order valence-corrected chi connectivity index (χ4v) is 4.99. The van der Waals surface area contributed by atoms with Gasteiger partial charge in [-0.3, -0.25) is 10.3 Å². The summed E-state index contributed by atoms with van der Waals surface area (Å²) in [6, 6.07) is 9.89. The monoisotopic (exact) mass is 480 g/mol. The second kappa shape index (κ2) is 10.4. The SMILES string of the molecule is CCCCCC1=C(Cl)[N+](Cc2ccccc2-c2cnccc2-c2nnn[nH]2)(CC(C)C)C(=O)N1. The number of aromatic nitrogens is 5. The third-order valence-corrected chi connectivity index (χ3v) is 6.70. The van der Waals surface area contributed by atoms with Gasteiger partial charge in [-0.15, -0.1) is 5.10 Å². The Labute approximate surface area is 205 Å². The minimum Gasteiger partial charge on any atom is -0.272 e. The standard InChI is InChI=1S/C25H30ClN7O/c1-4-5-6-11-22-23(26)33(15-17(2)3,25(34)28-22)16-18-9-7-8-10-19(18)21-14-27-13-12-20(21)24-29-31-32-30-24/h7-10,12-14,17H,4-6,11,15-16H2,1-3H3,(H-,27,28,29,30,31,32,34)/p+1. The van der Waals surface area contributed by atoms with E-state index >= 15 is 0 Å². The number of rotatable bonds is 10. The fourth-order valence-electron chi connectivity index (χ4n) is 4.65. The lowest BCUT2D eigenvalue weighted by molar-refractivity contribution is -0.818. The zero-order valence-corrected chi connectivity index (χ0v) is 20.6. The third-order valence-electron chi connectivity index (χ3n) is 6.15. The van der Waals surface area contributed by atoms with Crippen LogP contribution in [0.3, 0.4) is 0 Å². The van der Waals surface area contributed by atoms with Gasteiger partial charge in [0.15, 0.2) is 5.82 Å². The number of quaternary nitrogens is 1. The minimum atomic E-state index is -0.0640. The second-order valence-corrected chi connectivity index (χ2v) is 9.55. The van der Waals surface area contributed by atoms with Crippen molar-refractivity contribution in [2.75, 3.05) is 6.54 Å². The number of allylic oxidation sites excluding steroid dienone is 1. The molecule has 3 aromatic rings. The number of nitrogens with zero attached hydrogens (tertiary/aromatic N) is 5. The number of aromatic amines is 1. The number of H-pyrrole nitrogens is 1. The van der Waals surface area contributed by atoms with E-state index in [1.165, 1.54) is 0 Å². The molecule has 9 heteroatoms. The molecule has 2 N–H and O–H groups in total. The van der Waals surface area contributed by atoms with E-state index in [0.29, 0.717) is 24.1 Å². The van der Waals surface area contributed by atoms with Crippen LogP contribution in [0.2, 0.25) is 0 Å². The second-order valence-electron chi connectivity index (χ2n) is 9.19. The van der Waals surface area contributed by atoms with Gasteiger partial charge < -0.3 is 0 Å². The Balaban J connectivity index is 1.77. The average Bonchev–Trinajstić information content (AvgIpc) is 3.44. The highest BCUT2D eigenvalue weighted by Gasteiger charge is 2.49. The van der Waals surface area contributed by atoms with E-state index in [1.807, 2.05) is 24.3 Å². The molecule has 8 nitrogen and oxygen atoms in total. The molecule has 3 heterocycles. The number of tetrazole rings is 1. The summed E-state index contributed by atoms with van der Waals surface area (Å²) in [4.78, 5) is 17.8. The molecule has 0 saturated heterocycles. The quantitative estimate of drug-likeness (QED) is 0.223. The van der Waals surface area contributed by atoms with Crippen molar-refractivity contribution in [2.24, 2.45) is 5.92 Å². The van der Waals surface area contributed by atoms with Gasteiger partial charge >= 0.3 is 6.03 Å². The van der Waals surface area contributed by atoms with Crippen molar-refractivity contribution in [3.05, 3.63) is 59.1 Å². The summed E-state index contributed by atoms with van der Waals surface area (Å²) in [5.41, 5.74) is 4.57. The van der Waals surface area contributed by atoms with Gasteiger partial charge in [-0.1, -0.05) is 57.9 Å². The molecule has 0 fully saturated rings. The molecule has 178 valence electrons. The lowest BCUT2D eigenvalue weighted by atomic mass is 9.96. The fraction of sp³-hybridized carbons (Fsp3) is 0.400. The predicted octanol–water partition coefficient (Wildman–Crippen LogP) is 5.61. The molecule has 0 spiro atoms. The Morgan fingerprint density at radius 2 is 1.91 bits per heavy atom. The van der Waals surface area contributed by atoms with Crippen molar-refractivity contribution >= 4 is 17.6 Å². The summed E-state index contributed by atoms with van der Waals surface area (Å²) in [7, 11) is 0. The molecular weight excluding hydrogens is 450 g/mol. The zero-order valence-electron chi connectivity index (χ0n) is 19.9. The Bertz CT molecular complexity index is 1180. The van der Waals surface area contributed by atoms with Crippen LogP contribution in [0.4, 0.5) is 4.79 Å². The van der Waals surface area contributed by atoms with Crippen molar-refractivity contribution in [3.63, 3.8) is 0 Å². The third kappa shape index (κ3) is 4.74. The van der Waals surface area contributed by atoms with Crippen LogP contribution in [0.5, 0.6) is 0 Å². The van der Waals surface area contributed by atoms with E-state index in [2.05, 4.69) is 57.8 Å². The van der Waals surface area contributed by atoms with Crippen LogP contribution in [0, 0.1) is 5.92 Å². The minimum absolute atomic E-state index is 0.0640. The van der Waals surface area contributed by atoms with Gasteiger partial charge in [0.05, 0.1) is 12.2 Å². The van der Waals surface area contributed by atoms with Crippen LogP contribution in [-0.4, -0.2) is 42.7 Å². The van der Waals surface area contributed by atoms with Crippen molar-refractivity contribution in [3.8, 4) is 22.5 Å². The Morgan fingerprint density at radius 1 is 1.09 bits per heavy atom. The van der Waals surface area contributed by atoms with E-state index in [4.69, 9.17) is 11.6 Å². The highest BCUT2D eigenvalue weighted by atomic mass is 35.5.